The Labute approximate surface area is 202 Å². The summed E-state index contributed by atoms with van der Waals surface area (Å²) in [5.74, 6) is -1.16. The zero-order valence-corrected chi connectivity index (χ0v) is 19.0. The number of benzene rings is 3. The van der Waals surface area contributed by atoms with Gasteiger partial charge in [0.05, 0.1) is 29.5 Å². The topological polar surface area (TPSA) is 78.9 Å². The highest BCUT2D eigenvalue weighted by Gasteiger charge is 2.38. The number of halogens is 1. The number of hydrazine groups is 1. The van der Waals surface area contributed by atoms with Crippen molar-refractivity contribution in [1.82, 2.24) is 5.43 Å². The van der Waals surface area contributed by atoms with E-state index in [9.17, 15) is 14.7 Å². The molecule has 2 saturated heterocycles. The van der Waals surface area contributed by atoms with E-state index in [0.29, 0.717) is 29.0 Å². The van der Waals surface area contributed by atoms with Crippen LogP contribution in [-0.2, 0) is 9.53 Å². The fraction of sp³-hybridized carbons (Fsp3) is 0.185. The smallest absolute Gasteiger partial charge is 0.336 e. The standard InChI is InChI=1S/C27H23ClN2O4/c28-18-11-13-21(27(32)33)22(15-18)24-14-12-20(34-24)16-23-25(17-7-3-1-4-8-17)29-30(26(23)31)19-9-5-2-6-10-19/h1-11,13,15-16,20,24-25,29H,12,14H2,(H,32,33)/b23-16-. The summed E-state index contributed by atoms with van der Waals surface area (Å²) >= 11 is 6.14. The van der Waals surface area contributed by atoms with Gasteiger partial charge < -0.3 is 9.84 Å². The van der Waals surface area contributed by atoms with Crippen molar-refractivity contribution in [2.24, 2.45) is 0 Å². The first-order valence-corrected chi connectivity index (χ1v) is 11.5. The first kappa shape index (κ1) is 22.3. The highest BCUT2D eigenvalue weighted by atomic mass is 35.5. The quantitative estimate of drug-likeness (QED) is 0.479. The molecule has 5 rings (SSSR count). The Bertz CT molecular complexity index is 1250. The monoisotopic (exact) mass is 474 g/mol. The van der Waals surface area contributed by atoms with E-state index in [2.05, 4.69) is 5.43 Å². The van der Waals surface area contributed by atoms with Gasteiger partial charge in [0.1, 0.15) is 0 Å². The van der Waals surface area contributed by atoms with E-state index in [1.807, 2.05) is 66.7 Å². The van der Waals surface area contributed by atoms with Gasteiger partial charge in [0.25, 0.3) is 5.91 Å². The van der Waals surface area contributed by atoms with E-state index in [4.69, 9.17) is 16.3 Å². The Balaban J connectivity index is 1.45. The lowest BCUT2D eigenvalue weighted by Gasteiger charge is -2.17. The molecule has 2 N–H and O–H groups in total. The molecule has 3 atom stereocenters. The third-order valence-corrected chi connectivity index (χ3v) is 6.41. The van der Waals surface area contributed by atoms with Crippen molar-refractivity contribution in [3.8, 4) is 0 Å². The van der Waals surface area contributed by atoms with E-state index in [1.165, 1.54) is 6.07 Å². The molecule has 0 aliphatic carbocycles. The number of rotatable bonds is 5. The van der Waals surface area contributed by atoms with Gasteiger partial charge >= 0.3 is 5.97 Å². The molecule has 2 fully saturated rings. The lowest BCUT2D eigenvalue weighted by molar-refractivity contribution is -0.114. The largest absolute Gasteiger partial charge is 0.478 e. The summed E-state index contributed by atoms with van der Waals surface area (Å²) in [6, 6.07) is 23.6. The van der Waals surface area contributed by atoms with Gasteiger partial charge in [-0.1, -0.05) is 60.1 Å². The Kier molecular flexibility index (Phi) is 6.20. The molecule has 1 amide bonds. The average Bonchev–Trinajstić information content (AvgIpc) is 3.45. The Hall–Kier alpha value is -3.45. The molecule has 7 heteroatoms. The average molecular weight is 475 g/mol. The lowest BCUT2D eigenvalue weighted by Crippen LogP contribution is -2.35. The number of aromatic carboxylic acids is 1. The zero-order valence-electron chi connectivity index (χ0n) is 18.2. The van der Waals surface area contributed by atoms with Crippen molar-refractivity contribution in [2.45, 2.75) is 31.1 Å². The number of hydrogen-bond acceptors (Lipinski definition) is 4. The van der Waals surface area contributed by atoms with Crippen LogP contribution in [0.15, 0.2) is 90.5 Å². The summed E-state index contributed by atoms with van der Waals surface area (Å²) in [5.41, 5.74) is 6.40. The van der Waals surface area contributed by atoms with Crippen LogP contribution in [0, 0.1) is 0 Å². The molecule has 0 bridgehead atoms. The van der Waals surface area contributed by atoms with Gasteiger partial charge in [0.2, 0.25) is 0 Å². The molecule has 0 spiro atoms. The van der Waals surface area contributed by atoms with E-state index >= 15 is 0 Å². The summed E-state index contributed by atoms with van der Waals surface area (Å²) in [6.45, 7) is 0. The molecule has 6 nitrogen and oxygen atoms in total. The highest BCUT2D eigenvalue weighted by Crippen LogP contribution is 2.39. The molecule has 0 saturated carbocycles. The predicted molar refractivity (Wildman–Crippen MR) is 130 cm³/mol. The maximum atomic E-state index is 13.5. The molecular weight excluding hydrogens is 452 g/mol. The minimum absolute atomic E-state index is 0.138. The van der Waals surface area contributed by atoms with Crippen LogP contribution in [0.25, 0.3) is 0 Å². The minimum atomic E-state index is -1.02. The third-order valence-electron chi connectivity index (χ3n) is 6.18. The summed E-state index contributed by atoms with van der Waals surface area (Å²) in [4.78, 5) is 25.2. The third kappa shape index (κ3) is 4.35. The van der Waals surface area contributed by atoms with E-state index in [0.717, 1.165) is 11.3 Å². The lowest BCUT2D eigenvalue weighted by atomic mass is 9.97. The number of carboxylic acids is 1. The summed E-state index contributed by atoms with van der Waals surface area (Å²) in [6.07, 6.45) is 2.44. The molecule has 2 heterocycles. The molecule has 34 heavy (non-hydrogen) atoms. The number of anilines is 1. The molecule has 2 aliphatic rings. The number of nitrogens with one attached hydrogen (secondary N) is 1. The van der Waals surface area contributed by atoms with Crippen molar-refractivity contribution in [3.05, 3.63) is 112 Å². The maximum absolute atomic E-state index is 13.5. The van der Waals surface area contributed by atoms with Crippen LogP contribution < -0.4 is 10.4 Å². The number of para-hydroxylation sites is 1. The van der Waals surface area contributed by atoms with E-state index in [1.54, 1.807) is 17.1 Å². The van der Waals surface area contributed by atoms with Gasteiger partial charge in [-0.2, -0.15) is 0 Å². The molecule has 3 unspecified atom stereocenters. The molecular formula is C27H23ClN2O4. The van der Waals surface area contributed by atoms with Gasteiger partial charge in [0.15, 0.2) is 0 Å². The first-order valence-electron chi connectivity index (χ1n) is 11.1. The maximum Gasteiger partial charge on any atom is 0.336 e. The van der Waals surface area contributed by atoms with Gasteiger partial charge in [0, 0.05) is 10.6 Å². The van der Waals surface area contributed by atoms with Crippen molar-refractivity contribution < 1.29 is 19.4 Å². The first-order chi connectivity index (χ1) is 16.5. The number of carbonyl (C=O) groups is 2. The van der Waals surface area contributed by atoms with Crippen molar-refractivity contribution >= 4 is 29.2 Å². The SMILES string of the molecule is O=C(O)c1ccc(Cl)cc1C1CCC(/C=C2\C(=O)N(c3ccccc3)NC2c2ccccc2)O1. The number of ether oxygens (including phenoxy) is 1. The van der Waals surface area contributed by atoms with Crippen LogP contribution in [0.3, 0.4) is 0 Å². The Morgan fingerprint density at radius 1 is 1.03 bits per heavy atom. The van der Waals surface area contributed by atoms with Crippen LogP contribution in [0.2, 0.25) is 5.02 Å². The predicted octanol–water partition coefficient (Wildman–Crippen LogP) is 5.48. The second-order valence-electron chi connectivity index (χ2n) is 8.35. The highest BCUT2D eigenvalue weighted by molar-refractivity contribution is 6.30. The number of nitrogens with zero attached hydrogens (tertiary/aromatic N) is 1. The summed E-state index contributed by atoms with van der Waals surface area (Å²) in [7, 11) is 0. The van der Waals surface area contributed by atoms with Crippen LogP contribution in [0.4, 0.5) is 5.69 Å². The van der Waals surface area contributed by atoms with Crippen LogP contribution in [-0.4, -0.2) is 23.1 Å². The second kappa shape index (κ2) is 9.43. The number of hydrogen-bond donors (Lipinski definition) is 2. The minimum Gasteiger partial charge on any atom is -0.478 e. The van der Waals surface area contributed by atoms with Gasteiger partial charge in [-0.25, -0.2) is 15.2 Å². The van der Waals surface area contributed by atoms with Gasteiger partial charge in [-0.15, -0.1) is 0 Å². The zero-order chi connectivity index (χ0) is 23.7. The van der Waals surface area contributed by atoms with Crippen molar-refractivity contribution in [1.29, 1.82) is 0 Å². The number of carboxylic acid groups (broad SMARTS) is 1. The van der Waals surface area contributed by atoms with E-state index < -0.39 is 12.1 Å². The molecule has 172 valence electrons. The van der Waals surface area contributed by atoms with Crippen LogP contribution in [0.5, 0.6) is 0 Å². The van der Waals surface area contributed by atoms with Crippen molar-refractivity contribution in [3.63, 3.8) is 0 Å². The van der Waals surface area contributed by atoms with Gasteiger partial charge in [-0.3, -0.25) is 4.79 Å². The molecule has 0 aromatic heterocycles. The van der Waals surface area contributed by atoms with Gasteiger partial charge in [-0.05, 0) is 60.4 Å². The number of carbonyl (C=O) groups excluding carboxylic acids is 1. The summed E-state index contributed by atoms with van der Waals surface area (Å²) < 4.78 is 6.23. The molecule has 0 radical (unpaired) electrons. The van der Waals surface area contributed by atoms with Crippen molar-refractivity contribution in [2.75, 3.05) is 5.01 Å². The fourth-order valence-corrected chi connectivity index (χ4v) is 4.74. The molecule has 3 aromatic rings. The second-order valence-corrected chi connectivity index (χ2v) is 8.78. The Morgan fingerprint density at radius 3 is 2.44 bits per heavy atom. The van der Waals surface area contributed by atoms with Crippen LogP contribution in [0.1, 0.15) is 46.5 Å². The molecule has 2 aliphatic heterocycles. The van der Waals surface area contributed by atoms with E-state index in [-0.39, 0.29) is 23.6 Å². The Morgan fingerprint density at radius 2 is 1.74 bits per heavy atom. The fourth-order valence-electron chi connectivity index (χ4n) is 4.55. The number of amides is 1. The van der Waals surface area contributed by atoms with Crippen LogP contribution >= 0.6 is 11.6 Å². The normalized spacial score (nSPS) is 23.6. The summed E-state index contributed by atoms with van der Waals surface area (Å²) in [5, 5.41) is 11.6. The molecule has 3 aromatic carbocycles.